The first-order valence-corrected chi connectivity index (χ1v) is 9.81. The molecule has 1 atom stereocenters. The fourth-order valence-electron chi connectivity index (χ4n) is 3.68. The highest BCUT2D eigenvalue weighted by atomic mass is 32.1. The molecule has 0 saturated heterocycles. The molecule has 0 amide bonds. The van der Waals surface area contributed by atoms with E-state index in [9.17, 15) is 13.2 Å². The van der Waals surface area contributed by atoms with E-state index in [4.69, 9.17) is 17.0 Å². The van der Waals surface area contributed by atoms with E-state index >= 15 is 0 Å². The minimum absolute atomic E-state index is 0.117. The molecule has 0 fully saturated rings. The number of fused-ring (bicyclic) bond motifs is 1. The van der Waals surface area contributed by atoms with Crippen molar-refractivity contribution in [1.29, 1.82) is 0 Å². The van der Waals surface area contributed by atoms with Gasteiger partial charge in [0.2, 0.25) is 0 Å². The summed E-state index contributed by atoms with van der Waals surface area (Å²) in [6.45, 7) is 1.44. The topological polar surface area (TPSA) is 29.4 Å². The standard InChI is InChI=1S/C22H20F3N3OS/c1-29-18-10-4-15(5-11-18)20-19-3-2-12-27(19)13-14-28(20)21(30)26-17-8-6-16(7-9-17)22(23,24)25/h2-12,20H,13-14H2,1H3,(H,26,30). The summed E-state index contributed by atoms with van der Waals surface area (Å²) in [5.41, 5.74) is 1.98. The molecule has 0 bridgehead atoms. The molecule has 0 saturated carbocycles. The molecule has 3 aromatic rings. The Bertz CT molecular complexity index is 1030. The van der Waals surface area contributed by atoms with Crippen molar-refractivity contribution in [2.45, 2.75) is 18.8 Å². The van der Waals surface area contributed by atoms with Crippen molar-refractivity contribution < 1.29 is 17.9 Å². The summed E-state index contributed by atoms with van der Waals surface area (Å²) < 4.78 is 45.9. The molecule has 4 nitrogen and oxygen atoms in total. The van der Waals surface area contributed by atoms with Gasteiger partial charge in [0.1, 0.15) is 5.75 Å². The van der Waals surface area contributed by atoms with Crippen LogP contribution in [0.15, 0.2) is 66.9 Å². The molecule has 0 radical (unpaired) electrons. The molecule has 1 aliphatic heterocycles. The third-order valence-electron chi connectivity index (χ3n) is 5.19. The van der Waals surface area contributed by atoms with E-state index in [0.717, 1.165) is 35.7 Å². The number of hydrogen-bond acceptors (Lipinski definition) is 2. The van der Waals surface area contributed by atoms with Gasteiger partial charge < -0.3 is 19.5 Å². The normalized spacial score (nSPS) is 16.1. The Morgan fingerprint density at radius 2 is 1.73 bits per heavy atom. The Hall–Kier alpha value is -3.00. The summed E-state index contributed by atoms with van der Waals surface area (Å²) in [7, 11) is 1.62. The second-order valence-electron chi connectivity index (χ2n) is 7.00. The highest BCUT2D eigenvalue weighted by molar-refractivity contribution is 7.80. The maximum atomic E-state index is 12.8. The van der Waals surface area contributed by atoms with Crippen molar-refractivity contribution in [3.05, 3.63) is 83.7 Å². The summed E-state index contributed by atoms with van der Waals surface area (Å²) >= 11 is 5.65. The van der Waals surface area contributed by atoms with Crippen LogP contribution in [0.2, 0.25) is 0 Å². The number of halogens is 3. The maximum Gasteiger partial charge on any atom is 0.416 e. The summed E-state index contributed by atoms with van der Waals surface area (Å²) in [4.78, 5) is 2.06. The summed E-state index contributed by atoms with van der Waals surface area (Å²) in [6, 6.07) is 16.6. The number of ether oxygens (including phenoxy) is 1. The van der Waals surface area contributed by atoms with Crippen molar-refractivity contribution >= 4 is 23.0 Å². The van der Waals surface area contributed by atoms with Crippen molar-refractivity contribution in [2.75, 3.05) is 19.0 Å². The van der Waals surface area contributed by atoms with Gasteiger partial charge in [-0.3, -0.25) is 0 Å². The average Bonchev–Trinajstić information content (AvgIpc) is 3.21. The Morgan fingerprint density at radius 3 is 2.37 bits per heavy atom. The monoisotopic (exact) mass is 431 g/mol. The number of benzene rings is 2. The molecule has 156 valence electrons. The summed E-state index contributed by atoms with van der Waals surface area (Å²) in [5.74, 6) is 0.766. The zero-order valence-corrected chi connectivity index (χ0v) is 17.0. The van der Waals surface area contributed by atoms with Gasteiger partial charge in [-0.15, -0.1) is 0 Å². The first kappa shape index (κ1) is 20.3. The quantitative estimate of drug-likeness (QED) is 0.569. The highest BCUT2D eigenvalue weighted by Gasteiger charge is 2.32. The van der Waals surface area contributed by atoms with Crippen molar-refractivity contribution in [3.8, 4) is 5.75 Å². The van der Waals surface area contributed by atoms with Gasteiger partial charge in [-0.05, 0) is 66.3 Å². The number of rotatable bonds is 3. The molecular formula is C22H20F3N3OS. The van der Waals surface area contributed by atoms with E-state index in [0.29, 0.717) is 17.3 Å². The molecule has 8 heteroatoms. The number of thiocarbonyl (C=S) groups is 1. The molecule has 1 aliphatic rings. The number of anilines is 1. The van der Waals surface area contributed by atoms with Gasteiger partial charge in [-0.25, -0.2) is 0 Å². The number of aromatic nitrogens is 1. The minimum atomic E-state index is -4.36. The fraction of sp³-hybridized carbons (Fsp3) is 0.227. The van der Waals surface area contributed by atoms with E-state index in [2.05, 4.69) is 20.9 Å². The van der Waals surface area contributed by atoms with Crippen LogP contribution in [0.4, 0.5) is 18.9 Å². The fourth-order valence-corrected chi connectivity index (χ4v) is 3.99. The van der Waals surface area contributed by atoms with Gasteiger partial charge in [0.05, 0.1) is 18.7 Å². The lowest BCUT2D eigenvalue weighted by atomic mass is 10.00. The van der Waals surface area contributed by atoms with Crippen molar-refractivity contribution in [1.82, 2.24) is 9.47 Å². The lowest BCUT2D eigenvalue weighted by Gasteiger charge is -2.39. The van der Waals surface area contributed by atoms with Crippen LogP contribution in [-0.4, -0.2) is 28.2 Å². The van der Waals surface area contributed by atoms with E-state index in [-0.39, 0.29) is 6.04 Å². The van der Waals surface area contributed by atoms with Crippen LogP contribution < -0.4 is 10.1 Å². The molecule has 0 spiro atoms. The number of hydrogen-bond donors (Lipinski definition) is 1. The third kappa shape index (κ3) is 4.00. The largest absolute Gasteiger partial charge is 0.497 e. The van der Waals surface area contributed by atoms with E-state index in [1.54, 1.807) is 7.11 Å². The van der Waals surface area contributed by atoms with E-state index in [1.165, 1.54) is 12.1 Å². The zero-order chi connectivity index (χ0) is 21.3. The molecule has 0 aliphatic carbocycles. The molecule has 2 aromatic carbocycles. The van der Waals surface area contributed by atoms with Crippen LogP contribution in [0.1, 0.15) is 22.9 Å². The van der Waals surface area contributed by atoms with Gasteiger partial charge in [-0.1, -0.05) is 12.1 Å². The van der Waals surface area contributed by atoms with Gasteiger partial charge >= 0.3 is 6.18 Å². The van der Waals surface area contributed by atoms with Crippen LogP contribution >= 0.6 is 12.2 Å². The predicted molar refractivity (Wildman–Crippen MR) is 114 cm³/mol. The predicted octanol–water partition coefficient (Wildman–Crippen LogP) is 5.32. The molecule has 1 unspecified atom stereocenters. The SMILES string of the molecule is COc1ccc(C2c3cccn3CCN2C(=S)Nc2ccc(C(F)(F)F)cc2)cc1. The Balaban J connectivity index is 1.60. The maximum absolute atomic E-state index is 12.8. The van der Waals surface area contributed by atoms with Gasteiger partial charge in [0, 0.05) is 30.7 Å². The number of nitrogens with one attached hydrogen (secondary N) is 1. The molecule has 2 heterocycles. The number of alkyl halides is 3. The van der Waals surface area contributed by atoms with Gasteiger partial charge in [-0.2, -0.15) is 13.2 Å². The van der Waals surface area contributed by atoms with Crippen molar-refractivity contribution in [3.63, 3.8) is 0 Å². The second-order valence-corrected chi connectivity index (χ2v) is 7.39. The van der Waals surface area contributed by atoms with Gasteiger partial charge in [0.25, 0.3) is 0 Å². The molecule has 4 rings (SSSR count). The second kappa shape index (κ2) is 8.02. The minimum Gasteiger partial charge on any atom is -0.497 e. The summed E-state index contributed by atoms with van der Waals surface area (Å²) in [6.07, 6.45) is -2.33. The average molecular weight is 431 g/mol. The van der Waals surface area contributed by atoms with Crippen LogP contribution in [0.5, 0.6) is 5.75 Å². The zero-order valence-electron chi connectivity index (χ0n) is 16.2. The van der Waals surface area contributed by atoms with E-state index in [1.807, 2.05) is 36.5 Å². The first-order chi connectivity index (χ1) is 14.4. The first-order valence-electron chi connectivity index (χ1n) is 9.40. The Labute approximate surface area is 177 Å². The number of nitrogens with zero attached hydrogens (tertiary/aromatic N) is 2. The van der Waals surface area contributed by atoms with Crippen molar-refractivity contribution in [2.24, 2.45) is 0 Å². The Morgan fingerprint density at radius 1 is 1.03 bits per heavy atom. The lowest BCUT2D eigenvalue weighted by molar-refractivity contribution is -0.137. The Kier molecular flexibility index (Phi) is 5.42. The van der Waals surface area contributed by atoms with Crippen LogP contribution in [0, 0.1) is 0 Å². The number of methoxy groups -OCH3 is 1. The van der Waals surface area contributed by atoms with Crippen LogP contribution in [0.3, 0.4) is 0 Å². The van der Waals surface area contributed by atoms with Crippen LogP contribution in [0.25, 0.3) is 0 Å². The van der Waals surface area contributed by atoms with Gasteiger partial charge in [0.15, 0.2) is 5.11 Å². The van der Waals surface area contributed by atoms with Crippen LogP contribution in [-0.2, 0) is 12.7 Å². The lowest BCUT2D eigenvalue weighted by Crippen LogP contribution is -2.44. The van der Waals surface area contributed by atoms with E-state index < -0.39 is 11.7 Å². The molecule has 1 aromatic heterocycles. The smallest absolute Gasteiger partial charge is 0.416 e. The molecule has 1 N–H and O–H groups in total. The highest BCUT2D eigenvalue weighted by Crippen LogP contribution is 2.34. The molecular weight excluding hydrogens is 411 g/mol. The molecule has 30 heavy (non-hydrogen) atoms. The third-order valence-corrected chi connectivity index (χ3v) is 5.53. The summed E-state index contributed by atoms with van der Waals surface area (Å²) in [5, 5.41) is 3.55.